The second kappa shape index (κ2) is 9.80. The Hall–Kier alpha value is -0.0831. The zero-order valence-corrected chi connectivity index (χ0v) is 14.5. The van der Waals surface area contributed by atoms with Gasteiger partial charge in [0, 0.05) is 0 Å². The predicted molar refractivity (Wildman–Crippen MR) is 88.2 cm³/mol. The van der Waals surface area contributed by atoms with E-state index in [0.717, 1.165) is 0 Å². The van der Waals surface area contributed by atoms with Crippen molar-refractivity contribution in [1.82, 2.24) is 4.90 Å². The van der Waals surface area contributed by atoms with Gasteiger partial charge in [0.2, 0.25) is 0 Å². The van der Waals surface area contributed by atoms with E-state index in [1.807, 2.05) is 0 Å². The summed E-state index contributed by atoms with van der Waals surface area (Å²) in [5.41, 5.74) is 1.38. The number of hydrogen-bond acceptors (Lipinski definition) is 1. The van der Waals surface area contributed by atoms with Crippen molar-refractivity contribution in [3.8, 4) is 0 Å². The minimum Gasteiger partial charge on any atom is -0.304 e. The van der Waals surface area contributed by atoms with E-state index in [2.05, 4.69) is 45.3 Å². The van der Waals surface area contributed by atoms with Gasteiger partial charge >= 0.3 is 0 Å². The Morgan fingerprint density at radius 3 is 1.89 bits per heavy atom. The van der Waals surface area contributed by atoms with Crippen LogP contribution in [0.1, 0.15) is 46.5 Å². The molecule has 0 saturated carbocycles. The van der Waals surface area contributed by atoms with E-state index in [1.165, 1.54) is 63.0 Å². The third-order valence-electron chi connectivity index (χ3n) is 3.54. The van der Waals surface area contributed by atoms with Crippen LogP contribution in [0.4, 0.5) is 0 Å². The lowest BCUT2D eigenvalue weighted by Gasteiger charge is -2.28. The predicted octanol–water partition coefficient (Wildman–Crippen LogP) is 5.17. The van der Waals surface area contributed by atoms with Crippen LogP contribution in [0.15, 0.2) is 12.2 Å². The van der Waals surface area contributed by atoms with Crippen molar-refractivity contribution in [3.05, 3.63) is 12.2 Å². The zero-order valence-electron chi connectivity index (χ0n) is 13.5. The summed E-state index contributed by atoms with van der Waals surface area (Å²) in [5.74, 6) is 0. The molecule has 0 aromatic heterocycles. The molecule has 0 heterocycles. The van der Waals surface area contributed by atoms with Crippen LogP contribution < -0.4 is 0 Å². The first-order valence-electron chi connectivity index (χ1n) is 7.78. The highest BCUT2D eigenvalue weighted by atomic mass is 28.3. The van der Waals surface area contributed by atoms with Crippen LogP contribution in [-0.2, 0) is 0 Å². The van der Waals surface area contributed by atoms with Crippen LogP contribution in [0.5, 0.6) is 0 Å². The van der Waals surface area contributed by atoms with E-state index in [-0.39, 0.29) is 0 Å². The van der Waals surface area contributed by atoms with Crippen LogP contribution in [0.2, 0.25) is 25.2 Å². The second-order valence-corrected chi connectivity index (χ2v) is 11.8. The van der Waals surface area contributed by atoms with Crippen LogP contribution in [-0.4, -0.2) is 32.6 Å². The average Bonchev–Trinajstić information content (AvgIpc) is 2.26. The molecule has 0 aromatic carbocycles. The fraction of sp³-hybridized carbons (Fsp3) is 0.875. The summed E-state index contributed by atoms with van der Waals surface area (Å²) in [6, 6.07) is 2.72. The van der Waals surface area contributed by atoms with E-state index in [0.29, 0.717) is 0 Å². The Kier molecular flexibility index (Phi) is 9.75. The Bertz CT molecular complexity index is 215. The Balaban J connectivity index is 4.09. The smallest absolute Gasteiger partial charge is 0.0526 e. The highest BCUT2D eigenvalue weighted by molar-refractivity contribution is 6.78. The molecule has 0 rings (SSSR count). The van der Waals surface area contributed by atoms with Gasteiger partial charge in [0.25, 0.3) is 0 Å². The van der Waals surface area contributed by atoms with Crippen LogP contribution in [0.3, 0.4) is 0 Å². The van der Waals surface area contributed by atoms with Crippen molar-refractivity contribution in [2.75, 3.05) is 19.6 Å². The number of allylic oxidation sites excluding steroid dienone is 1. The quantitative estimate of drug-likeness (QED) is 0.369. The van der Waals surface area contributed by atoms with Gasteiger partial charge in [-0.1, -0.05) is 45.4 Å². The first-order valence-corrected chi connectivity index (χ1v) is 11.2. The van der Waals surface area contributed by atoms with Crippen LogP contribution in [0, 0.1) is 0 Å². The lowest BCUT2D eigenvalue weighted by atomic mass is 10.2. The highest BCUT2D eigenvalue weighted by Crippen LogP contribution is 2.20. The van der Waals surface area contributed by atoms with Gasteiger partial charge in [-0.25, -0.2) is 0 Å². The summed E-state index contributed by atoms with van der Waals surface area (Å²) in [5, 5.41) is 0. The maximum absolute atomic E-state index is 4.09. The lowest BCUT2D eigenvalue weighted by molar-refractivity contribution is 0.278. The topological polar surface area (TPSA) is 3.24 Å². The Morgan fingerprint density at radius 2 is 1.50 bits per heavy atom. The van der Waals surface area contributed by atoms with Crippen molar-refractivity contribution in [1.29, 1.82) is 0 Å². The molecular weight excluding hydrogens is 234 g/mol. The Labute approximate surface area is 117 Å². The number of unbranched alkanes of at least 4 members (excludes halogenated alkanes) is 2. The fourth-order valence-corrected chi connectivity index (χ4v) is 5.20. The van der Waals surface area contributed by atoms with Crippen LogP contribution in [0.25, 0.3) is 0 Å². The largest absolute Gasteiger partial charge is 0.304 e. The molecule has 108 valence electrons. The second-order valence-electron chi connectivity index (χ2n) is 6.60. The van der Waals surface area contributed by atoms with Crippen molar-refractivity contribution in [2.45, 2.75) is 71.6 Å². The van der Waals surface area contributed by atoms with Crippen molar-refractivity contribution in [2.24, 2.45) is 0 Å². The van der Waals surface area contributed by atoms with Gasteiger partial charge in [-0.15, -0.1) is 6.58 Å². The number of rotatable bonds is 11. The minimum atomic E-state index is -1.05. The van der Waals surface area contributed by atoms with Gasteiger partial charge < -0.3 is 4.90 Å². The molecule has 0 atom stereocenters. The third kappa shape index (κ3) is 9.90. The summed E-state index contributed by atoms with van der Waals surface area (Å²) < 4.78 is 0. The van der Waals surface area contributed by atoms with Gasteiger partial charge in [0.1, 0.15) is 0 Å². The Morgan fingerprint density at radius 1 is 1.00 bits per heavy atom. The molecule has 0 fully saturated rings. The fourth-order valence-electron chi connectivity index (χ4n) is 2.46. The van der Waals surface area contributed by atoms with E-state index >= 15 is 0 Å². The summed E-state index contributed by atoms with van der Waals surface area (Å²) in [4.78, 5) is 2.69. The van der Waals surface area contributed by atoms with Crippen LogP contribution >= 0.6 is 0 Å². The molecule has 0 radical (unpaired) electrons. The summed E-state index contributed by atoms with van der Waals surface area (Å²) in [7, 11) is -1.05. The zero-order chi connectivity index (χ0) is 14.0. The van der Waals surface area contributed by atoms with E-state index in [1.54, 1.807) is 0 Å². The molecule has 0 amide bonds. The van der Waals surface area contributed by atoms with Gasteiger partial charge in [0.05, 0.1) is 8.07 Å². The van der Waals surface area contributed by atoms with E-state index in [4.69, 9.17) is 0 Å². The first-order chi connectivity index (χ1) is 8.41. The summed E-state index contributed by atoms with van der Waals surface area (Å²) >= 11 is 0. The maximum Gasteiger partial charge on any atom is 0.0526 e. The molecule has 0 unspecified atom stereocenters. The summed E-state index contributed by atoms with van der Waals surface area (Å²) in [6.45, 7) is 19.8. The first kappa shape index (κ1) is 17.9. The lowest BCUT2D eigenvalue weighted by Crippen LogP contribution is -2.34. The van der Waals surface area contributed by atoms with E-state index < -0.39 is 8.07 Å². The molecule has 0 aliphatic rings. The van der Waals surface area contributed by atoms with Gasteiger partial charge in [-0.05, 0) is 51.5 Å². The van der Waals surface area contributed by atoms with E-state index in [9.17, 15) is 0 Å². The normalized spacial score (nSPS) is 12.1. The summed E-state index contributed by atoms with van der Waals surface area (Å²) in [6.07, 6.45) is 5.34. The molecule has 1 nitrogen and oxygen atoms in total. The highest BCUT2D eigenvalue weighted by Gasteiger charge is 2.21. The molecule has 0 saturated heterocycles. The SMILES string of the molecule is C=C(C)C[Si](C)(C)CCN(CCCC)CCCC. The van der Waals surface area contributed by atoms with Gasteiger partial charge in [0.15, 0.2) is 0 Å². The minimum absolute atomic E-state index is 1.05. The van der Waals surface area contributed by atoms with Gasteiger partial charge in [-0.3, -0.25) is 0 Å². The molecule has 0 spiro atoms. The molecule has 0 aliphatic heterocycles. The molecule has 0 N–H and O–H groups in total. The molecule has 18 heavy (non-hydrogen) atoms. The molecule has 0 bridgehead atoms. The van der Waals surface area contributed by atoms with Crippen molar-refractivity contribution < 1.29 is 0 Å². The molecule has 0 aliphatic carbocycles. The number of hydrogen-bond donors (Lipinski definition) is 0. The molecular formula is C16H35NSi. The number of nitrogens with zero attached hydrogens (tertiary/aromatic N) is 1. The van der Waals surface area contributed by atoms with Crippen molar-refractivity contribution >= 4 is 8.07 Å². The average molecular weight is 270 g/mol. The molecule has 0 aromatic rings. The monoisotopic (exact) mass is 269 g/mol. The van der Waals surface area contributed by atoms with Gasteiger partial charge in [-0.2, -0.15) is 0 Å². The standard InChI is InChI=1S/C16H35NSi/c1-7-9-11-17(12-10-8-2)13-14-18(5,6)15-16(3)4/h3,7-15H2,1-2,4-6H3. The molecule has 2 heteroatoms. The maximum atomic E-state index is 4.09. The third-order valence-corrected chi connectivity index (χ3v) is 6.68. The van der Waals surface area contributed by atoms with Crippen molar-refractivity contribution in [3.63, 3.8) is 0 Å².